The van der Waals surface area contributed by atoms with Gasteiger partial charge in [-0.3, -0.25) is 4.79 Å². The van der Waals surface area contributed by atoms with Crippen LogP contribution in [0.3, 0.4) is 0 Å². The van der Waals surface area contributed by atoms with E-state index >= 15 is 0 Å². The van der Waals surface area contributed by atoms with E-state index in [1.54, 1.807) is 24.7 Å². The summed E-state index contributed by atoms with van der Waals surface area (Å²) >= 11 is 0. The highest BCUT2D eigenvalue weighted by atomic mass is 16.5. The first-order valence-corrected chi connectivity index (χ1v) is 13.8. The lowest BCUT2D eigenvalue weighted by molar-refractivity contribution is -0.148. The molecule has 1 aliphatic rings. The molecule has 4 rings (SSSR count). The van der Waals surface area contributed by atoms with Crippen LogP contribution < -0.4 is 14.2 Å². The largest absolute Gasteiger partial charge is 0.507 e. The number of benzene rings is 2. The molecular weight excluding hydrogens is 508 g/mol. The zero-order valence-corrected chi connectivity index (χ0v) is 23.6. The third-order valence-corrected chi connectivity index (χ3v) is 7.03. The molecule has 2 atom stereocenters. The van der Waals surface area contributed by atoms with Crippen LogP contribution in [-0.4, -0.2) is 37.0 Å². The summed E-state index contributed by atoms with van der Waals surface area (Å²) in [7, 11) is 1.39. The van der Waals surface area contributed by atoms with Gasteiger partial charge in [-0.1, -0.05) is 44.6 Å². The Morgan fingerprint density at radius 1 is 1.05 bits per heavy atom. The average molecular weight is 547 g/mol. The van der Waals surface area contributed by atoms with Crippen molar-refractivity contribution in [1.29, 1.82) is 0 Å². The SMILES string of the molecule is CCCc1c(OCCCOc2cc(O)c(-c3ccoc3)cc2CC)cccc1OC1(C)C=CC=CC1C(=O)OC. The van der Waals surface area contributed by atoms with Crippen molar-refractivity contribution in [3.63, 3.8) is 0 Å². The number of phenolic OH excluding ortho intramolecular Hbond substituents is 1. The number of phenols is 1. The summed E-state index contributed by atoms with van der Waals surface area (Å²) in [5, 5.41) is 10.5. The van der Waals surface area contributed by atoms with E-state index < -0.39 is 11.5 Å². The number of carbonyl (C=O) groups excluding carboxylic acids is 1. The second-order valence-electron chi connectivity index (χ2n) is 9.91. The molecule has 40 heavy (non-hydrogen) atoms. The number of esters is 1. The van der Waals surface area contributed by atoms with Crippen molar-refractivity contribution in [3.05, 3.63) is 84.4 Å². The summed E-state index contributed by atoms with van der Waals surface area (Å²) in [5.74, 6) is 1.36. The molecule has 0 amide bonds. The highest BCUT2D eigenvalue weighted by Crippen LogP contribution is 2.38. The van der Waals surface area contributed by atoms with Gasteiger partial charge in [0, 0.05) is 29.2 Å². The maximum atomic E-state index is 12.4. The third kappa shape index (κ3) is 6.53. The molecule has 0 radical (unpaired) electrons. The van der Waals surface area contributed by atoms with Crippen molar-refractivity contribution >= 4 is 5.97 Å². The Bertz CT molecular complexity index is 1340. The first-order chi connectivity index (χ1) is 19.4. The maximum absolute atomic E-state index is 12.4. The second kappa shape index (κ2) is 13.3. The Labute approximate surface area is 236 Å². The van der Waals surface area contributed by atoms with Crippen molar-refractivity contribution in [2.45, 2.75) is 52.1 Å². The number of hydrogen-bond donors (Lipinski definition) is 1. The van der Waals surface area contributed by atoms with Gasteiger partial charge in [-0.15, -0.1) is 0 Å². The Hall–Kier alpha value is -4.13. The molecule has 0 saturated carbocycles. The quantitative estimate of drug-likeness (QED) is 0.181. The molecule has 0 aliphatic heterocycles. The number of hydrogen-bond acceptors (Lipinski definition) is 7. The lowest BCUT2D eigenvalue weighted by atomic mass is 9.85. The van der Waals surface area contributed by atoms with Crippen LogP contribution in [0.2, 0.25) is 0 Å². The summed E-state index contributed by atoms with van der Waals surface area (Å²) < 4.78 is 28.9. The molecule has 0 saturated heterocycles. The van der Waals surface area contributed by atoms with E-state index in [4.69, 9.17) is 23.4 Å². The van der Waals surface area contributed by atoms with E-state index in [0.29, 0.717) is 31.1 Å². The lowest BCUT2D eigenvalue weighted by Gasteiger charge is -2.35. The van der Waals surface area contributed by atoms with Gasteiger partial charge in [-0.2, -0.15) is 0 Å². The fraction of sp³-hybridized carbons (Fsp3) is 0.364. The summed E-state index contributed by atoms with van der Waals surface area (Å²) in [6.07, 6.45) is 13.7. The molecule has 1 aliphatic carbocycles. The number of carbonyl (C=O) groups is 1. The monoisotopic (exact) mass is 546 g/mol. The summed E-state index contributed by atoms with van der Waals surface area (Å²) in [6.45, 7) is 6.94. The third-order valence-electron chi connectivity index (χ3n) is 7.03. The molecule has 1 aromatic heterocycles. The number of methoxy groups -OCH3 is 1. The van der Waals surface area contributed by atoms with Gasteiger partial charge in [-0.05, 0) is 55.7 Å². The number of furan rings is 1. The zero-order chi connectivity index (χ0) is 28.5. The van der Waals surface area contributed by atoms with Gasteiger partial charge in [0.1, 0.15) is 34.5 Å². The van der Waals surface area contributed by atoms with E-state index in [1.165, 1.54) is 7.11 Å². The molecule has 212 valence electrons. The van der Waals surface area contributed by atoms with Crippen LogP contribution in [-0.2, 0) is 22.4 Å². The molecule has 3 aromatic rings. The fourth-order valence-corrected chi connectivity index (χ4v) is 4.86. The van der Waals surface area contributed by atoms with Crippen LogP contribution in [0.5, 0.6) is 23.0 Å². The zero-order valence-electron chi connectivity index (χ0n) is 23.6. The van der Waals surface area contributed by atoms with Gasteiger partial charge in [0.25, 0.3) is 0 Å². The van der Waals surface area contributed by atoms with Crippen molar-refractivity contribution in [1.82, 2.24) is 0 Å². The molecule has 7 nitrogen and oxygen atoms in total. The first-order valence-electron chi connectivity index (χ1n) is 13.8. The van der Waals surface area contributed by atoms with Crippen LogP contribution in [0.15, 0.2) is 77.6 Å². The van der Waals surface area contributed by atoms with Crippen LogP contribution >= 0.6 is 0 Å². The van der Waals surface area contributed by atoms with E-state index in [9.17, 15) is 9.90 Å². The molecule has 0 bridgehead atoms. The molecule has 0 fully saturated rings. The minimum absolute atomic E-state index is 0.150. The summed E-state index contributed by atoms with van der Waals surface area (Å²) in [5.41, 5.74) is 2.64. The number of aryl methyl sites for hydroxylation is 1. The normalized spacial score (nSPS) is 17.9. The fourth-order valence-electron chi connectivity index (χ4n) is 4.86. The summed E-state index contributed by atoms with van der Waals surface area (Å²) in [4.78, 5) is 12.4. The minimum atomic E-state index is -0.882. The molecule has 2 unspecified atom stereocenters. The smallest absolute Gasteiger partial charge is 0.316 e. The van der Waals surface area contributed by atoms with Crippen LogP contribution in [0, 0.1) is 5.92 Å². The Morgan fingerprint density at radius 2 is 1.82 bits per heavy atom. The van der Waals surface area contributed by atoms with Gasteiger partial charge in [0.15, 0.2) is 0 Å². The highest BCUT2D eigenvalue weighted by molar-refractivity contribution is 5.77. The van der Waals surface area contributed by atoms with Crippen molar-refractivity contribution < 1.29 is 33.3 Å². The number of ether oxygens (including phenoxy) is 4. The Morgan fingerprint density at radius 3 is 2.52 bits per heavy atom. The Kier molecular flexibility index (Phi) is 9.59. The Balaban J connectivity index is 1.40. The van der Waals surface area contributed by atoms with Crippen LogP contribution in [0.4, 0.5) is 0 Å². The lowest BCUT2D eigenvalue weighted by Crippen LogP contribution is -2.44. The van der Waals surface area contributed by atoms with Crippen molar-refractivity contribution in [2.75, 3.05) is 20.3 Å². The predicted octanol–water partition coefficient (Wildman–Crippen LogP) is 7.07. The van der Waals surface area contributed by atoms with E-state index in [-0.39, 0.29) is 11.7 Å². The van der Waals surface area contributed by atoms with Gasteiger partial charge in [-0.25, -0.2) is 0 Å². The van der Waals surface area contributed by atoms with Gasteiger partial charge < -0.3 is 28.5 Å². The van der Waals surface area contributed by atoms with E-state index in [1.807, 2.05) is 55.5 Å². The second-order valence-corrected chi connectivity index (χ2v) is 9.91. The predicted molar refractivity (Wildman–Crippen MR) is 154 cm³/mol. The maximum Gasteiger partial charge on any atom is 0.316 e. The van der Waals surface area contributed by atoms with Gasteiger partial charge in [0.2, 0.25) is 0 Å². The van der Waals surface area contributed by atoms with E-state index in [2.05, 4.69) is 13.8 Å². The molecular formula is C33H38O7. The molecule has 1 N–H and O–H groups in total. The summed E-state index contributed by atoms with van der Waals surface area (Å²) in [6, 6.07) is 11.2. The first kappa shape index (κ1) is 28.9. The molecule has 2 aromatic carbocycles. The minimum Gasteiger partial charge on any atom is -0.507 e. The highest BCUT2D eigenvalue weighted by Gasteiger charge is 2.40. The molecule has 1 heterocycles. The number of allylic oxidation sites excluding steroid dienone is 2. The van der Waals surface area contributed by atoms with E-state index in [0.717, 1.165) is 47.3 Å². The van der Waals surface area contributed by atoms with Gasteiger partial charge >= 0.3 is 5.97 Å². The molecule has 0 spiro atoms. The topological polar surface area (TPSA) is 87.4 Å². The van der Waals surface area contributed by atoms with Gasteiger partial charge in [0.05, 0.1) is 32.8 Å². The number of rotatable bonds is 13. The average Bonchev–Trinajstić information content (AvgIpc) is 3.49. The van der Waals surface area contributed by atoms with Crippen molar-refractivity contribution in [3.8, 4) is 34.1 Å². The van der Waals surface area contributed by atoms with Crippen LogP contribution in [0.25, 0.3) is 11.1 Å². The number of aromatic hydroxyl groups is 1. The standard InChI is InChI=1S/C33H38O7/c1-5-11-25-29(13-9-14-30(25)40-33(3)16-8-7-12-27(33)32(35)36-4)38-17-10-18-39-31-21-28(34)26(20-23(31)6-2)24-15-19-37-22-24/h7-9,12-16,19-22,27,34H,5-6,10-11,17-18H2,1-4H3. The molecule has 7 heteroatoms. The van der Waals surface area contributed by atoms with Crippen molar-refractivity contribution in [2.24, 2.45) is 5.92 Å². The van der Waals surface area contributed by atoms with Crippen LogP contribution in [0.1, 0.15) is 44.7 Å².